The Hall–Kier alpha value is -4.37. The number of carbonyl (C=O) groups excluding carboxylic acids is 3. The summed E-state index contributed by atoms with van der Waals surface area (Å²) < 4.78 is 24.9. The van der Waals surface area contributed by atoms with Crippen molar-refractivity contribution in [2.45, 2.75) is 13.5 Å². The van der Waals surface area contributed by atoms with Crippen molar-refractivity contribution in [1.82, 2.24) is 5.32 Å². The molecule has 0 bridgehead atoms. The molecule has 0 unspecified atom stereocenters. The first kappa shape index (κ1) is 24.7. The maximum Gasteiger partial charge on any atom is 0.335 e. The molecule has 0 spiro atoms. The summed E-state index contributed by atoms with van der Waals surface area (Å²) >= 11 is 6.44. The van der Waals surface area contributed by atoms with E-state index in [9.17, 15) is 23.9 Å². The summed E-state index contributed by atoms with van der Waals surface area (Å²) in [5.74, 6) is -1.71. The number of urea groups is 1. The van der Waals surface area contributed by atoms with Crippen LogP contribution in [0.3, 0.4) is 0 Å². The number of halogens is 2. The molecule has 0 aromatic heterocycles. The predicted molar refractivity (Wildman–Crippen MR) is 130 cm³/mol. The Bertz CT molecular complexity index is 1370. The zero-order valence-electron chi connectivity index (χ0n) is 19.0. The Balaban J connectivity index is 1.65. The second-order valence-electron chi connectivity index (χ2n) is 7.66. The number of barbiturate groups is 1. The molecule has 0 atom stereocenters. The van der Waals surface area contributed by atoms with Gasteiger partial charge in [0.25, 0.3) is 11.8 Å². The fourth-order valence-electron chi connectivity index (χ4n) is 3.52. The van der Waals surface area contributed by atoms with Crippen LogP contribution >= 0.6 is 11.6 Å². The number of ether oxygens (including phenoxy) is 2. The van der Waals surface area contributed by atoms with Crippen molar-refractivity contribution in [3.8, 4) is 17.2 Å². The summed E-state index contributed by atoms with van der Waals surface area (Å²) in [7, 11) is 0. The third-order valence-electron chi connectivity index (χ3n) is 5.12. The smallest absolute Gasteiger partial charge is 0.335 e. The van der Waals surface area contributed by atoms with Gasteiger partial charge in [-0.3, -0.25) is 14.9 Å². The van der Waals surface area contributed by atoms with E-state index in [1.54, 1.807) is 19.1 Å². The monoisotopic (exact) mass is 510 g/mol. The number of nitrogens with zero attached hydrogens (tertiary/aromatic N) is 1. The lowest BCUT2D eigenvalue weighted by Crippen LogP contribution is -2.54. The summed E-state index contributed by atoms with van der Waals surface area (Å²) in [5, 5.41) is 11.8. The Morgan fingerprint density at radius 1 is 1.06 bits per heavy atom. The quantitative estimate of drug-likeness (QED) is 0.348. The van der Waals surface area contributed by atoms with Crippen LogP contribution in [0, 0.1) is 5.82 Å². The standard InChI is InChI=1S/C26H20ClFN2O6/c1-2-35-22-13-16(12-21(27)23(22)36-14-15-4-3-5-17(28)10-15)11-20-24(32)29-26(34)30(25(20)33)18-6-8-19(31)9-7-18/h3-13,31H,2,14H2,1H3,(H,29,32,34)/b20-11+. The molecule has 10 heteroatoms. The number of phenolic OH excluding ortho intramolecular Hbond substituents is 1. The molecule has 8 nitrogen and oxygen atoms in total. The molecule has 1 saturated heterocycles. The van der Waals surface area contributed by atoms with Crippen LogP contribution in [0.4, 0.5) is 14.9 Å². The number of benzene rings is 3. The molecular formula is C26H20ClFN2O6. The topological polar surface area (TPSA) is 105 Å². The van der Waals surface area contributed by atoms with Crippen molar-refractivity contribution in [1.29, 1.82) is 0 Å². The van der Waals surface area contributed by atoms with E-state index in [-0.39, 0.29) is 46.7 Å². The Labute approximate surface area is 210 Å². The van der Waals surface area contributed by atoms with Crippen LogP contribution in [0.15, 0.2) is 66.2 Å². The van der Waals surface area contributed by atoms with E-state index in [1.165, 1.54) is 54.6 Å². The Kier molecular flexibility index (Phi) is 7.21. The van der Waals surface area contributed by atoms with Crippen LogP contribution in [-0.4, -0.2) is 29.6 Å². The van der Waals surface area contributed by atoms with Crippen molar-refractivity contribution < 1.29 is 33.4 Å². The van der Waals surface area contributed by atoms with Gasteiger partial charge in [0.15, 0.2) is 11.5 Å². The molecule has 184 valence electrons. The van der Waals surface area contributed by atoms with E-state index in [4.69, 9.17) is 21.1 Å². The fraction of sp³-hybridized carbons (Fsp3) is 0.115. The second kappa shape index (κ2) is 10.5. The molecule has 1 aliphatic heterocycles. The van der Waals surface area contributed by atoms with Crippen LogP contribution < -0.4 is 19.7 Å². The molecule has 0 radical (unpaired) electrons. The zero-order valence-corrected chi connectivity index (χ0v) is 19.7. The summed E-state index contributed by atoms with van der Waals surface area (Å²) in [6.45, 7) is 2.06. The zero-order chi connectivity index (χ0) is 25.8. The largest absolute Gasteiger partial charge is 0.508 e. The predicted octanol–water partition coefficient (Wildman–Crippen LogP) is 4.83. The lowest BCUT2D eigenvalue weighted by atomic mass is 10.1. The third kappa shape index (κ3) is 5.31. The molecule has 1 heterocycles. The molecule has 1 aliphatic rings. The van der Waals surface area contributed by atoms with Gasteiger partial charge in [0.2, 0.25) is 0 Å². The van der Waals surface area contributed by atoms with E-state index in [0.29, 0.717) is 11.1 Å². The summed E-state index contributed by atoms with van der Waals surface area (Å²) in [6.07, 6.45) is 1.28. The number of hydrogen-bond donors (Lipinski definition) is 2. The Morgan fingerprint density at radius 2 is 1.81 bits per heavy atom. The van der Waals surface area contributed by atoms with Gasteiger partial charge in [-0.25, -0.2) is 14.1 Å². The highest BCUT2D eigenvalue weighted by Gasteiger charge is 2.36. The van der Waals surface area contributed by atoms with E-state index in [2.05, 4.69) is 5.32 Å². The molecule has 3 aromatic carbocycles. The van der Waals surface area contributed by atoms with Gasteiger partial charge >= 0.3 is 6.03 Å². The number of carbonyl (C=O) groups is 3. The van der Waals surface area contributed by atoms with Crippen LogP contribution in [0.25, 0.3) is 6.08 Å². The molecule has 4 rings (SSSR count). The summed E-state index contributed by atoms with van der Waals surface area (Å²) in [4.78, 5) is 38.7. The number of rotatable bonds is 7. The number of anilines is 1. The number of hydrogen-bond acceptors (Lipinski definition) is 6. The molecule has 3 aromatic rings. The first-order valence-electron chi connectivity index (χ1n) is 10.8. The van der Waals surface area contributed by atoms with Gasteiger partial charge in [-0.1, -0.05) is 23.7 Å². The maximum atomic E-state index is 13.5. The van der Waals surface area contributed by atoms with E-state index >= 15 is 0 Å². The first-order chi connectivity index (χ1) is 17.3. The van der Waals surface area contributed by atoms with Crippen LogP contribution in [-0.2, 0) is 16.2 Å². The minimum atomic E-state index is -0.915. The Morgan fingerprint density at radius 3 is 2.50 bits per heavy atom. The van der Waals surface area contributed by atoms with E-state index in [0.717, 1.165) is 4.90 Å². The maximum absolute atomic E-state index is 13.5. The second-order valence-corrected chi connectivity index (χ2v) is 8.06. The third-order valence-corrected chi connectivity index (χ3v) is 5.41. The molecular weight excluding hydrogens is 491 g/mol. The van der Waals surface area contributed by atoms with Gasteiger partial charge in [0.05, 0.1) is 17.3 Å². The van der Waals surface area contributed by atoms with Crippen LogP contribution in [0.5, 0.6) is 17.2 Å². The molecule has 36 heavy (non-hydrogen) atoms. The van der Waals surface area contributed by atoms with Crippen molar-refractivity contribution in [2.24, 2.45) is 0 Å². The highest BCUT2D eigenvalue weighted by atomic mass is 35.5. The van der Waals surface area contributed by atoms with Gasteiger partial charge in [0.1, 0.15) is 23.7 Å². The normalized spacial score (nSPS) is 14.7. The number of phenols is 1. The van der Waals surface area contributed by atoms with Crippen molar-refractivity contribution in [3.63, 3.8) is 0 Å². The summed E-state index contributed by atoms with van der Waals surface area (Å²) in [6, 6.07) is 13.4. The number of amides is 4. The number of imide groups is 2. The molecule has 2 N–H and O–H groups in total. The molecule has 1 fully saturated rings. The fourth-order valence-corrected chi connectivity index (χ4v) is 3.79. The van der Waals surface area contributed by atoms with E-state index in [1.807, 2.05) is 0 Å². The first-order valence-corrected chi connectivity index (χ1v) is 11.2. The SMILES string of the molecule is CCOc1cc(/C=C2\C(=O)NC(=O)N(c3ccc(O)cc3)C2=O)cc(Cl)c1OCc1cccc(F)c1. The average Bonchev–Trinajstić information content (AvgIpc) is 2.82. The van der Waals surface area contributed by atoms with Gasteiger partial charge in [-0.05, 0) is 72.7 Å². The molecule has 4 amide bonds. The van der Waals surface area contributed by atoms with Crippen molar-refractivity contribution >= 4 is 41.2 Å². The van der Waals surface area contributed by atoms with Gasteiger partial charge < -0.3 is 14.6 Å². The number of aromatic hydroxyl groups is 1. The van der Waals surface area contributed by atoms with Crippen molar-refractivity contribution in [2.75, 3.05) is 11.5 Å². The average molecular weight is 511 g/mol. The van der Waals surface area contributed by atoms with E-state index < -0.39 is 23.7 Å². The lowest BCUT2D eigenvalue weighted by Gasteiger charge is -2.26. The van der Waals surface area contributed by atoms with Gasteiger partial charge in [0, 0.05) is 0 Å². The lowest BCUT2D eigenvalue weighted by molar-refractivity contribution is -0.122. The van der Waals surface area contributed by atoms with Crippen LogP contribution in [0.1, 0.15) is 18.1 Å². The summed E-state index contributed by atoms with van der Waals surface area (Å²) in [5.41, 5.74) is 0.792. The minimum Gasteiger partial charge on any atom is -0.508 e. The number of nitrogens with one attached hydrogen (secondary N) is 1. The van der Waals surface area contributed by atoms with Crippen LogP contribution in [0.2, 0.25) is 5.02 Å². The van der Waals surface area contributed by atoms with Crippen molar-refractivity contribution in [3.05, 3.63) is 88.2 Å². The molecule has 0 aliphatic carbocycles. The highest BCUT2D eigenvalue weighted by Crippen LogP contribution is 2.38. The van der Waals surface area contributed by atoms with Gasteiger partial charge in [-0.15, -0.1) is 0 Å². The van der Waals surface area contributed by atoms with Gasteiger partial charge in [-0.2, -0.15) is 0 Å². The minimum absolute atomic E-state index is 0.0303. The highest BCUT2D eigenvalue weighted by molar-refractivity contribution is 6.39. The molecule has 0 saturated carbocycles.